The van der Waals surface area contributed by atoms with Gasteiger partial charge in [-0.15, -0.1) is 6.42 Å². The van der Waals surface area contributed by atoms with Gasteiger partial charge in [0.2, 0.25) is 5.82 Å². The van der Waals surface area contributed by atoms with Gasteiger partial charge in [0.25, 0.3) is 0 Å². The summed E-state index contributed by atoms with van der Waals surface area (Å²) in [6.45, 7) is 0. The molecule has 1 aromatic carbocycles. The zero-order valence-corrected chi connectivity index (χ0v) is 6.40. The highest BCUT2D eigenvalue weighted by Gasteiger charge is 2.11. The Labute approximate surface area is 69.0 Å². The third-order valence-electron chi connectivity index (χ3n) is 1.42. The smallest absolute Gasteiger partial charge is 0.201 e. The fourth-order valence-electron chi connectivity index (χ4n) is 0.801. The summed E-state index contributed by atoms with van der Waals surface area (Å²) in [4.78, 5) is 0. The first-order chi connectivity index (χ1) is 5.70. The normalized spacial score (nSPS) is 9.17. The fraction of sp³-hybridized carbons (Fsp3) is 0.111. The average molecular weight is 168 g/mol. The summed E-state index contributed by atoms with van der Waals surface area (Å²) >= 11 is 0. The molecule has 1 nitrogen and oxygen atoms in total. The molecule has 1 rings (SSSR count). The van der Waals surface area contributed by atoms with Crippen LogP contribution in [0.4, 0.5) is 8.78 Å². The van der Waals surface area contributed by atoms with Gasteiger partial charge in [-0.3, -0.25) is 0 Å². The standard InChI is InChI=1S/C9H6F2O/c1-3-6-4-5-7(12-2)9(11)8(6)10/h1,4-5H,2H3. The Kier molecular flexibility index (Phi) is 2.29. The molecule has 0 aliphatic rings. The van der Waals surface area contributed by atoms with E-state index < -0.39 is 11.6 Å². The van der Waals surface area contributed by atoms with Crippen molar-refractivity contribution in [3.63, 3.8) is 0 Å². The first-order valence-electron chi connectivity index (χ1n) is 3.19. The molecule has 3 heteroatoms. The van der Waals surface area contributed by atoms with E-state index in [4.69, 9.17) is 6.42 Å². The fourth-order valence-corrected chi connectivity index (χ4v) is 0.801. The van der Waals surface area contributed by atoms with E-state index in [0.717, 1.165) is 0 Å². The summed E-state index contributed by atoms with van der Waals surface area (Å²) in [6.07, 6.45) is 4.91. The first-order valence-corrected chi connectivity index (χ1v) is 3.19. The minimum atomic E-state index is -1.05. The van der Waals surface area contributed by atoms with Crippen LogP contribution in [0.1, 0.15) is 5.56 Å². The molecule has 0 unspecified atom stereocenters. The van der Waals surface area contributed by atoms with Gasteiger partial charge in [-0.05, 0) is 12.1 Å². The minimum Gasteiger partial charge on any atom is -0.494 e. The lowest BCUT2D eigenvalue weighted by Gasteiger charge is -2.02. The second kappa shape index (κ2) is 3.22. The number of terminal acetylenes is 1. The topological polar surface area (TPSA) is 9.23 Å². The molecule has 0 aliphatic heterocycles. The van der Waals surface area contributed by atoms with Crippen molar-refractivity contribution in [1.82, 2.24) is 0 Å². The van der Waals surface area contributed by atoms with E-state index in [1.807, 2.05) is 5.92 Å². The lowest BCUT2D eigenvalue weighted by Crippen LogP contribution is -1.94. The van der Waals surface area contributed by atoms with Gasteiger partial charge in [0, 0.05) is 0 Å². The molecule has 0 aromatic heterocycles. The number of rotatable bonds is 1. The highest BCUT2D eigenvalue weighted by molar-refractivity contribution is 5.39. The Morgan fingerprint density at radius 2 is 2.00 bits per heavy atom. The molecule has 0 amide bonds. The number of methoxy groups -OCH3 is 1. The van der Waals surface area contributed by atoms with Gasteiger partial charge < -0.3 is 4.74 Å². The van der Waals surface area contributed by atoms with Crippen LogP contribution in [0.5, 0.6) is 5.75 Å². The second-order valence-corrected chi connectivity index (χ2v) is 2.09. The minimum absolute atomic E-state index is 0.103. The van der Waals surface area contributed by atoms with Gasteiger partial charge in [-0.2, -0.15) is 4.39 Å². The quantitative estimate of drug-likeness (QED) is 0.582. The van der Waals surface area contributed by atoms with Crippen LogP contribution in [0.25, 0.3) is 0 Å². The van der Waals surface area contributed by atoms with Crippen LogP contribution in [0.2, 0.25) is 0 Å². The Balaban J connectivity index is 3.32. The first kappa shape index (κ1) is 8.54. The van der Waals surface area contributed by atoms with Crippen molar-refractivity contribution >= 4 is 0 Å². The molecule has 0 fully saturated rings. The van der Waals surface area contributed by atoms with Crippen LogP contribution < -0.4 is 4.74 Å². The van der Waals surface area contributed by atoms with Gasteiger partial charge in [0.1, 0.15) is 0 Å². The highest BCUT2D eigenvalue weighted by atomic mass is 19.2. The molecule has 0 saturated heterocycles. The summed E-state index contributed by atoms with van der Waals surface area (Å²) < 4.78 is 30.2. The third-order valence-corrected chi connectivity index (χ3v) is 1.42. The SMILES string of the molecule is C#Cc1ccc(OC)c(F)c1F. The summed E-state index contributed by atoms with van der Waals surface area (Å²) in [5.41, 5.74) is -0.103. The van der Waals surface area contributed by atoms with Gasteiger partial charge in [0.05, 0.1) is 12.7 Å². The maximum atomic E-state index is 12.9. The maximum Gasteiger partial charge on any atom is 0.201 e. The van der Waals surface area contributed by atoms with Crippen molar-refractivity contribution in [3.05, 3.63) is 29.3 Å². The van der Waals surface area contributed by atoms with Crippen molar-refractivity contribution in [3.8, 4) is 18.1 Å². The Morgan fingerprint density at radius 3 is 2.50 bits per heavy atom. The Bertz CT molecular complexity index is 339. The summed E-state index contributed by atoms with van der Waals surface area (Å²) in [5.74, 6) is -0.223. The summed E-state index contributed by atoms with van der Waals surface area (Å²) in [7, 11) is 1.26. The monoisotopic (exact) mass is 168 g/mol. The van der Waals surface area contributed by atoms with Crippen molar-refractivity contribution in [2.24, 2.45) is 0 Å². The lowest BCUT2D eigenvalue weighted by molar-refractivity contribution is 0.371. The van der Waals surface area contributed by atoms with Gasteiger partial charge in [-0.1, -0.05) is 5.92 Å². The Morgan fingerprint density at radius 1 is 1.33 bits per heavy atom. The van der Waals surface area contributed by atoms with Crippen LogP contribution in [0.3, 0.4) is 0 Å². The van der Waals surface area contributed by atoms with Gasteiger partial charge in [0.15, 0.2) is 11.6 Å². The summed E-state index contributed by atoms with van der Waals surface area (Å²) in [6, 6.07) is 2.57. The van der Waals surface area contributed by atoms with E-state index in [9.17, 15) is 8.78 Å². The molecule has 0 spiro atoms. The molecule has 0 heterocycles. The van der Waals surface area contributed by atoms with Crippen LogP contribution in [-0.4, -0.2) is 7.11 Å². The van der Waals surface area contributed by atoms with Crippen LogP contribution >= 0.6 is 0 Å². The predicted molar refractivity (Wildman–Crippen MR) is 40.8 cm³/mol. The van der Waals surface area contributed by atoms with Crippen molar-refractivity contribution in [2.75, 3.05) is 7.11 Å². The van der Waals surface area contributed by atoms with Crippen molar-refractivity contribution in [1.29, 1.82) is 0 Å². The molecule has 0 bridgehead atoms. The number of halogens is 2. The molecule has 1 aromatic rings. The molecule has 0 atom stereocenters. The van der Waals surface area contributed by atoms with E-state index >= 15 is 0 Å². The zero-order chi connectivity index (χ0) is 9.14. The maximum absolute atomic E-state index is 12.9. The lowest BCUT2D eigenvalue weighted by atomic mass is 10.2. The van der Waals surface area contributed by atoms with Crippen LogP contribution in [0, 0.1) is 24.0 Å². The highest BCUT2D eigenvalue weighted by Crippen LogP contribution is 2.21. The molecule has 12 heavy (non-hydrogen) atoms. The van der Waals surface area contributed by atoms with E-state index in [-0.39, 0.29) is 11.3 Å². The molecule has 0 radical (unpaired) electrons. The molecule has 0 aliphatic carbocycles. The van der Waals surface area contributed by atoms with E-state index in [1.165, 1.54) is 19.2 Å². The molecular formula is C9H6F2O. The molecular weight excluding hydrogens is 162 g/mol. The summed E-state index contributed by atoms with van der Waals surface area (Å²) in [5, 5.41) is 0. The zero-order valence-electron chi connectivity index (χ0n) is 6.40. The van der Waals surface area contributed by atoms with Gasteiger partial charge >= 0.3 is 0 Å². The number of hydrogen-bond acceptors (Lipinski definition) is 1. The Hall–Kier alpha value is -1.56. The predicted octanol–water partition coefficient (Wildman–Crippen LogP) is 1.95. The number of benzene rings is 1. The van der Waals surface area contributed by atoms with Crippen LogP contribution in [0.15, 0.2) is 12.1 Å². The largest absolute Gasteiger partial charge is 0.494 e. The van der Waals surface area contributed by atoms with Gasteiger partial charge in [-0.25, -0.2) is 4.39 Å². The average Bonchev–Trinajstić information content (AvgIpc) is 2.10. The molecule has 62 valence electrons. The van der Waals surface area contributed by atoms with Crippen molar-refractivity contribution in [2.45, 2.75) is 0 Å². The number of hydrogen-bond donors (Lipinski definition) is 0. The molecule has 0 saturated carbocycles. The van der Waals surface area contributed by atoms with E-state index in [0.29, 0.717) is 0 Å². The van der Waals surface area contributed by atoms with Crippen LogP contribution in [-0.2, 0) is 0 Å². The number of ether oxygens (including phenoxy) is 1. The van der Waals surface area contributed by atoms with E-state index in [2.05, 4.69) is 4.74 Å². The van der Waals surface area contributed by atoms with E-state index in [1.54, 1.807) is 0 Å². The second-order valence-electron chi connectivity index (χ2n) is 2.09. The third kappa shape index (κ3) is 1.24. The molecule has 0 N–H and O–H groups in total. The van der Waals surface area contributed by atoms with Crippen molar-refractivity contribution < 1.29 is 13.5 Å².